The van der Waals surface area contributed by atoms with Gasteiger partial charge in [-0.25, -0.2) is 0 Å². The van der Waals surface area contributed by atoms with Gasteiger partial charge in [-0.2, -0.15) is 5.26 Å². The molecule has 0 aliphatic carbocycles. The molecule has 2 heterocycles. The van der Waals surface area contributed by atoms with Crippen molar-refractivity contribution in [2.24, 2.45) is 0 Å². The summed E-state index contributed by atoms with van der Waals surface area (Å²) in [6.45, 7) is 4.98. The summed E-state index contributed by atoms with van der Waals surface area (Å²) in [4.78, 5) is 25.5. The summed E-state index contributed by atoms with van der Waals surface area (Å²) in [6, 6.07) is 2.08. The molecule has 0 bridgehead atoms. The number of ketones is 1. The van der Waals surface area contributed by atoms with Crippen LogP contribution in [0.25, 0.3) is 0 Å². The van der Waals surface area contributed by atoms with E-state index in [2.05, 4.69) is 6.07 Å². The first kappa shape index (κ1) is 11.6. The van der Waals surface area contributed by atoms with Crippen LogP contribution >= 0.6 is 10.9 Å². The molecule has 0 spiro atoms. The van der Waals surface area contributed by atoms with Crippen LogP contribution in [0, 0.1) is 11.3 Å². The van der Waals surface area contributed by atoms with Crippen molar-refractivity contribution in [1.29, 1.82) is 5.26 Å². The van der Waals surface area contributed by atoms with Crippen LogP contribution in [0.15, 0.2) is 22.9 Å². The molecule has 0 unspecified atom stereocenters. The lowest BCUT2D eigenvalue weighted by molar-refractivity contribution is -0.120. The summed E-state index contributed by atoms with van der Waals surface area (Å²) in [5.74, 6) is -0.587. The van der Waals surface area contributed by atoms with E-state index >= 15 is 0 Å². The van der Waals surface area contributed by atoms with Gasteiger partial charge in [0.1, 0.15) is 15.9 Å². The van der Waals surface area contributed by atoms with Crippen LogP contribution in [0.4, 0.5) is 0 Å². The monoisotopic (exact) mass is 246 g/mol. The summed E-state index contributed by atoms with van der Waals surface area (Å²) >= 11 is 0. The number of amides is 1. The van der Waals surface area contributed by atoms with Crippen molar-refractivity contribution in [2.45, 2.75) is 20.8 Å². The Kier molecular flexibility index (Phi) is 2.60. The summed E-state index contributed by atoms with van der Waals surface area (Å²) in [6.07, 6.45) is 1.78. The highest BCUT2D eigenvalue weighted by Gasteiger charge is 2.35. The van der Waals surface area contributed by atoms with E-state index in [1.165, 1.54) is 11.8 Å². The SMILES string of the molecule is CC(=O)C1=S=C2C(C#N)=C(C)C=C(C)N2C1=O. The van der Waals surface area contributed by atoms with Crippen molar-refractivity contribution in [3.63, 3.8) is 0 Å². The molecular weight excluding hydrogens is 236 g/mol. The van der Waals surface area contributed by atoms with Crippen LogP contribution in [-0.4, -0.2) is 26.4 Å². The molecule has 17 heavy (non-hydrogen) atoms. The first-order valence-electron chi connectivity index (χ1n) is 5.04. The van der Waals surface area contributed by atoms with E-state index in [0.717, 1.165) is 22.2 Å². The third-order valence-corrected chi connectivity index (χ3v) is 3.86. The minimum absolute atomic E-state index is 0.176. The largest absolute Gasteiger partial charge is 0.293 e. The molecule has 0 saturated heterocycles. The maximum absolute atomic E-state index is 12.0. The van der Waals surface area contributed by atoms with Gasteiger partial charge < -0.3 is 0 Å². The number of nitriles is 1. The van der Waals surface area contributed by atoms with Crippen molar-refractivity contribution in [2.75, 3.05) is 0 Å². The Labute approximate surface area is 102 Å². The van der Waals surface area contributed by atoms with Gasteiger partial charge in [0.2, 0.25) is 0 Å². The van der Waals surface area contributed by atoms with Gasteiger partial charge in [0, 0.05) is 12.6 Å². The van der Waals surface area contributed by atoms with Crippen molar-refractivity contribution in [1.82, 2.24) is 4.90 Å². The number of fused-ring (bicyclic) bond motifs is 1. The summed E-state index contributed by atoms with van der Waals surface area (Å²) in [5.41, 5.74) is 2.02. The van der Waals surface area contributed by atoms with Gasteiger partial charge in [-0.05, 0) is 25.5 Å². The van der Waals surface area contributed by atoms with E-state index in [9.17, 15) is 9.59 Å². The van der Waals surface area contributed by atoms with Gasteiger partial charge in [0.15, 0.2) is 5.78 Å². The molecule has 0 atom stereocenters. The van der Waals surface area contributed by atoms with E-state index in [-0.39, 0.29) is 16.6 Å². The van der Waals surface area contributed by atoms with Gasteiger partial charge in [-0.1, -0.05) is 0 Å². The molecule has 4 nitrogen and oxygen atoms in total. The van der Waals surface area contributed by atoms with Gasteiger partial charge in [-0.3, -0.25) is 14.5 Å². The van der Waals surface area contributed by atoms with Crippen molar-refractivity contribution in [3.05, 3.63) is 22.9 Å². The predicted octanol–water partition coefficient (Wildman–Crippen LogP) is 1.21. The average molecular weight is 246 g/mol. The van der Waals surface area contributed by atoms with Gasteiger partial charge in [0.05, 0.1) is 5.57 Å². The molecule has 0 aromatic heterocycles. The molecule has 0 saturated carbocycles. The fourth-order valence-electron chi connectivity index (χ4n) is 1.84. The fourth-order valence-corrected chi connectivity index (χ4v) is 2.98. The van der Waals surface area contributed by atoms with Gasteiger partial charge in [-0.15, -0.1) is 10.9 Å². The molecular formula is C12H10N2O2S. The molecule has 2 rings (SSSR count). The average Bonchev–Trinajstić information content (AvgIpc) is 2.57. The lowest BCUT2D eigenvalue weighted by Crippen LogP contribution is -2.38. The highest BCUT2D eigenvalue weighted by atomic mass is 32.1. The Bertz CT molecular complexity index is 625. The molecule has 0 aromatic carbocycles. The minimum atomic E-state index is -0.327. The zero-order chi connectivity index (χ0) is 12.7. The van der Waals surface area contributed by atoms with E-state index in [4.69, 9.17) is 5.26 Å². The van der Waals surface area contributed by atoms with E-state index in [1.54, 1.807) is 13.0 Å². The number of rotatable bonds is 1. The number of hydrogen-bond donors (Lipinski definition) is 0. The Morgan fingerprint density at radius 3 is 2.65 bits per heavy atom. The topological polar surface area (TPSA) is 61.2 Å². The Morgan fingerprint density at radius 2 is 2.12 bits per heavy atom. The van der Waals surface area contributed by atoms with Crippen molar-refractivity contribution >= 4 is 32.5 Å². The Balaban J connectivity index is 2.70. The van der Waals surface area contributed by atoms with Gasteiger partial charge in [0.25, 0.3) is 5.91 Å². The number of carbonyl (C=O) groups is 2. The van der Waals surface area contributed by atoms with Crippen molar-refractivity contribution in [3.8, 4) is 6.07 Å². The van der Waals surface area contributed by atoms with E-state index in [0.29, 0.717) is 10.6 Å². The first-order chi connectivity index (χ1) is 7.97. The van der Waals surface area contributed by atoms with Crippen LogP contribution < -0.4 is 0 Å². The molecule has 0 radical (unpaired) electrons. The quantitative estimate of drug-likeness (QED) is 0.653. The van der Waals surface area contributed by atoms with E-state index in [1.807, 2.05) is 6.92 Å². The highest BCUT2D eigenvalue weighted by Crippen LogP contribution is 2.27. The number of nitrogens with zero attached hydrogens (tertiary/aromatic N) is 2. The maximum Gasteiger partial charge on any atom is 0.277 e. The summed E-state index contributed by atoms with van der Waals surface area (Å²) < 4.78 is 0. The predicted molar refractivity (Wildman–Crippen MR) is 67.2 cm³/mol. The van der Waals surface area contributed by atoms with Crippen LogP contribution in [-0.2, 0) is 9.59 Å². The zero-order valence-corrected chi connectivity index (χ0v) is 10.5. The van der Waals surface area contributed by atoms with E-state index < -0.39 is 0 Å². The van der Waals surface area contributed by atoms with Crippen LogP contribution in [0.3, 0.4) is 0 Å². The molecule has 2 aliphatic rings. The molecule has 1 amide bonds. The standard InChI is InChI=1S/C12H10N2O2S/c1-6-4-7(2)14-11(16)10(8(3)15)17-12(14)9(6)5-13/h4H,1-3H3. The lowest BCUT2D eigenvalue weighted by atomic mass is 10.0. The zero-order valence-electron chi connectivity index (χ0n) is 9.70. The number of carbonyl (C=O) groups excluding carboxylic acids is 2. The number of Topliss-reactive ketones (excluding diaryl/α,β-unsaturated/α-hetero) is 1. The van der Waals surface area contributed by atoms with Crippen molar-refractivity contribution < 1.29 is 9.59 Å². The second kappa shape index (κ2) is 3.82. The number of allylic oxidation sites excluding steroid dienone is 3. The normalized spacial score (nSPS) is 18.8. The molecule has 0 aromatic rings. The summed E-state index contributed by atoms with van der Waals surface area (Å²) in [7, 11) is 1.09. The van der Waals surface area contributed by atoms with Crippen LogP contribution in [0.5, 0.6) is 0 Å². The third kappa shape index (κ3) is 1.58. The Morgan fingerprint density at radius 1 is 1.47 bits per heavy atom. The second-order valence-electron chi connectivity index (χ2n) is 3.89. The molecule has 0 fully saturated rings. The van der Waals surface area contributed by atoms with Crippen LogP contribution in [0.1, 0.15) is 20.8 Å². The fraction of sp³-hybridized carbons (Fsp3) is 0.250. The molecule has 2 aliphatic heterocycles. The molecule has 0 N–H and O–H groups in total. The smallest absolute Gasteiger partial charge is 0.277 e. The second-order valence-corrected chi connectivity index (χ2v) is 4.89. The van der Waals surface area contributed by atoms with Gasteiger partial charge >= 0.3 is 0 Å². The summed E-state index contributed by atoms with van der Waals surface area (Å²) in [5, 5.41) is 9.10. The molecule has 86 valence electrons. The molecule has 5 heteroatoms. The number of hydrogen-bond acceptors (Lipinski definition) is 3. The first-order valence-corrected chi connectivity index (χ1v) is 5.85. The maximum atomic E-state index is 12.0. The van der Waals surface area contributed by atoms with Crippen LogP contribution in [0.2, 0.25) is 0 Å². The lowest BCUT2D eigenvalue weighted by Gasteiger charge is -2.24. The third-order valence-electron chi connectivity index (χ3n) is 2.62. The minimum Gasteiger partial charge on any atom is -0.293 e. The highest BCUT2D eigenvalue weighted by molar-refractivity contribution is 8.02. The Hall–Kier alpha value is -1.93.